The summed E-state index contributed by atoms with van der Waals surface area (Å²) in [5.74, 6) is 0.400. The fourth-order valence-electron chi connectivity index (χ4n) is 2.06. The summed E-state index contributed by atoms with van der Waals surface area (Å²) in [5, 5.41) is 3.14. The van der Waals surface area contributed by atoms with Crippen LogP contribution in [0.3, 0.4) is 0 Å². The summed E-state index contributed by atoms with van der Waals surface area (Å²) in [7, 11) is 1.78. The molecule has 0 fully saturated rings. The van der Waals surface area contributed by atoms with E-state index < -0.39 is 0 Å². The van der Waals surface area contributed by atoms with Crippen molar-refractivity contribution in [1.82, 2.24) is 14.9 Å². The number of anilines is 1. The Kier molecular flexibility index (Phi) is 5.89. The minimum Gasteiger partial charge on any atom is -0.354 e. The number of rotatable bonds is 7. The Balaban J connectivity index is 2.00. The number of nitrogens with zero attached hydrogens (tertiary/aromatic N) is 3. The maximum Gasteiger partial charge on any atom is 0.272 e. The van der Waals surface area contributed by atoms with Crippen LogP contribution in [-0.4, -0.2) is 34.4 Å². The maximum absolute atomic E-state index is 12.4. The molecule has 0 aliphatic heterocycles. The standard InChI is InChI=1S/C17H22N4O/c1-3-4-11-18-17-19-12-10-15(20-17)16(22)21(2)13-14-8-6-5-7-9-14/h5-10,12H,3-4,11,13H2,1-2H3,(H,18,19,20). The van der Waals surface area contributed by atoms with E-state index in [-0.39, 0.29) is 5.91 Å². The molecule has 0 radical (unpaired) electrons. The molecule has 0 saturated heterocycles. The Morgan fingerprint density at radius 1 is 1.23 bits per heavy atom. The number of hydrogen-bond donors (Lipinski definition) is 1. The largest absolute Gasteiger partial charge is 0.354 e. The van der Waals surface area contributed by atoms with Crippen LogP contribution in [0.25, 0.3) is 0 Å². The molecule has 1 aromatic heterocycles. The molecule has 5 heteroatoms. The van der Waals surface area contributed by atoms with Gasteiger partial charge in [-0.15, -0.1) is 0 Å². The van der Waals surface area contributed by atoms with Crippen molar-refractivity contribution in [2.24, 2.45) is 0 Å². The average Bonchev–Trinajstić information content (AvgIpc) is 2.55. The van der Waals surface area contributed by atoms with Gasteiger partial charge in [-0.3, -0.25) is 4.79 Å². The molecular weight excluding hydrogens is 276 g/mol. The van der Waals surface area contributed by atoms with Gasteiger partial charge in [0.05, 0.1) is 0 Å². The van der Waals surface area contributed by atoms with Crippen molar-refractivity contribution >= 4 is 11.9 Å². The first-order valence-electron chi connectivity index (χ1n) is 7.57. The fourth-order valence-corrected chi connectivity index (χ4v) is 2.06. The monoisotopic (exact) mass is 298 g/mol. The molecule has 5 nitrogen and oxygen atoms in total. The molecule has 22 heavy (non-hydrogen) atoms. The van der Waals surface area contributed by atoms with Gasteiger partial charge in [0.15, 0.2) is 0 Å². The third-order valence-electron chi connectivity index (χ3n) is 3.30. The second kappa shape index (κ2) is 8.12. The number of unbranched alkanes of at least 4 members (excludes halogenated alkanes) is 1. The number of benzene rings is 1. The van der Waals surface area contributed by atoms with Crippen LogP contribution in [0, 0.1) is 0 Å². The van der Waals surface area contributed by atoms with Crippen molar-refractivity contribution in [2.75, 3.05) is 18.9 Å². The molecule has 116 valence electrons. The summed E-state index contributed by atoms with van der Waals surface area (Å²) in [5.41, 5.74) is 1.50. The normalized spacial score (nSPS) is 10.3. The molecule has 0 aliphatic carbocycles. The van der Waals surface area contributed by atoms with Gasteiger partial charge in [-0.05, 0) is 18.1 Å². The van der Waals surface area contributed by atoms with E-state index in [2.05, 4.69) is 22.2 Å². The zero-order chi connectivity index (χ0) is 15.8. The van der Waals surface area contributed by atoms with Gasteiger partial charge in [0.1, 0.15) is 5.69 Å². The van der Waals surface area contributed by atoms with Gasteiger partial charge in [0.2, 0.25) is 5.95 Å². The van der Waals surface area contributed by atoms with E-state index >= 15 is 0 Å². The van der Waals surface area contributed by atoms with E-state index in [9.17, 15) is 4.79 Å². The number of hydrogen-bond acceptors (Lipinski definition) is 4. The molecule has 1 amide bonds. The summed E-state index contributed by atoms with van der Waals surface area (Å²) in [6.07, 6.45) is 3.77. The minimum atomic E-state index is -0.107. The molecule has 1 aromatic carbocycles. The number of carbonyl (C=O) groups is 1. The first kappa shape index (κ1) is 15.9. The molecule has 0 bridgehead atoms. The highest BCUT2D eigenvalue weighted by Crippen LogP contribution is 2.08. The molecular formula is C17H22N4O. The SMILES string of the molecule is CCCCNc1nccc(C(=O)N(C)Cc2ccccc2)n1. The van der Waals surface area contributed by atoms with Gasteiger partial charge in [-0.1, -0.05) is 43.7 Å². The number of aromatic nitrogens is 2. The Hall–Kier alpha value is -2.43. The van der Waals surface area contributed by atoms with Crippen LogP contribution >= 0.6 is 0 Å². The van der Waals surface area contributed by atoms with Crippen molar-refractivity contribution in [3.05, 3.63) is 53.9 Å². The van der Waals surface area contributed by atoms with Crippen molar-refractivity contribution in [1.29, 1.82) is 0 Å². The average molecular weight is 298 g/mol. The fraction of sp³-hybridized carbons (Fsp3) is 0.353. The zero-order valence-corrected chi connectivity index (χ0v) is 13.1. The lowest BCUT2D eigenvalue weighted by atomic mass is 10.2. The highest BCUT2D eigenvalue weighted by Gasteiger charge is 2.14. The lowest BCUT2D eigenvalue weighted by Gasteiger charge is -2.17. The number of amides is 1. The first-order chi connectivity index (χ1) is 10.7. The van der Waals surface area contributed by atoms with Gasteiger partial charge in [-0.2, -0.15) is 0 Å². The van der Waals surface area contributed by atoms with Gasteiger partial charge in [-0.25, -0.2) is 9.97 Å². The Labute approximate surface area is 131 Å². The lowest BCUT2D eigenvalue weighted by molar-refractivity contribution is 0.0779. The molecule has 2 aromatic rings. The van der Waals surface area contributed by atoms with E-state index in [0.717, 1.165) is 24.9 Å². The Bertz CT molecular complexity index is 601. The summed E-state index contributed by atoms with van der Waals surface area (Å²) in [6.45, 7) is 3.50. The zero-order valence-electron chi connectivity index (χ0n) is 13.1. The second-order valence-electron chi connectivity index (χ2n) is 5.19. The minimum absolute atomic E-state index is 0.107. The van der Waals surface area contributed by atoms with Crippen LogP contribution in [0.15, 0.2) is 42.6 Å². The summed E-state index contributed by atoms with van der Waals surface area (Å²) >= 11 is 0. The third-order valence-corrected chi connectivity index (χ3v) is 3.30. The van der Waals surface area contributed by atoms with Crippen molar-refractivity contribution in [3.63, 3.8) is 0 Å². The van der Waals surface area contributed by atoms with E-state index in [1.807, 2.05) is 30.3 Å². The number of carbonyl (C=O) groups excluding carboxylic acids is 1. The number of nitrogens with one attached hydrogen (secondary N) is 1. The predicted octanol–water partition coefficient (Wildman–Crippen LogP) is 2.96. The van der Waals surface area contributed by atoms with Gasteiger partial charge in [0.25, 0.3) is 5.91 Å². The smallest absolute Gasteiger partial charge is 0.272 e. The van der Waals surface area contributed by atoms with Crippen LogP contribution in [-0.2, 0) is 6.54 Å². The summed E-state index contributed by atoms with van der Waals surface area (Å²) < 4.78 is 0. The third kappa shape index (κ3) is 4.55. The predicted molar refractivity (Wildman–Crippen MR) is 87.7 cm³/mol. The molecule has 1 N–H and O–H groups in total. The molecule has 2 rings (SSSR count). The first-order valence-corrected chi connectivity index (χ1v) is 7.57. The van der Waals surface area contributed by atoms with E-state index in [1.165, 1.54) is 0 Å². The van der Waals surface area contributed by atoms with Crippen LogP contribution < -0.4 is 5.32 Å². The van der Waals surface area contributed by atoms with Gasteiger partial charge < -0.3 is 10.2 Å². The molecule has 1 heterocycles. The molecule has 0 atom stereocenters. The van der Waals surface area contributed by atoms with Crippen LogP contribution in [0.2, 0.25) is 0 Å². The quantitative estimate of drug-likeness (QED) is 0.798. The Morgan fingerprint density at radius 2 is 2.00 bits per heavy atom. The summed E-state index contributed by atoms with van der Waals surface area (Å²) in [6, 6.07) is 11.5. The van der Waals surface area contributed by atoms with Crippen molar-refractivity contribution in [2.45, 2.75) is 26.3 Å². The van der Waals surface area contributed by atoms with Gasteiger partial charge in [0, 0.05) is 26.3 Å². The lowest BCUT2D eigenvalue weighted by Crippen LogP contribution is -2.27. The van der Waals surface area contributed by atoms with Gasteiger partial charge >= 0.3 is 0 Å². The van der Waals surface area contributed by atoms with Crippen molar-refractivity contribution < 1.29 is 4.79 Å². The van der Waals surface area contributed by atoms with E-state index in [4.69, 9.17) is 0 Å². The van der Waals surface area contributed by atoms with Crippen LogP contribution in [0.4, 0.5) is 5.95 Å². The highest BCUT2D eigenvalue weighted by atomic mass is 16.2. The second-order valence-corrected chi connectivity index (χ2v) is 5.19. The van der Waals surface area contributed by atoms with Crippen LogP contribution in [0.1, 0.15) is 35.8 Å². The molecule has 0 spiro atoms. The molecule has 0 unspecified atom stereocenters. The topological polar surface area (TPSA) is 58.1 Å². The summed E-state index contributed by atoms with van der Waals surface area (Å²) in [4.78, 5) is 22.5. The van der Waals surface area contributed by atoms with Crippen LogP contribution in [0.5, 0.6) is 0 Å². The van der Waals surface area contributed by atoms with E-state index in [1.54, 1.807) is 24.2 Å². The Morgan fingerprint density at radius 3 is 2.73 bits per heavy atom. The molecule has 0 saturated carbocycles. The van der Waals surface area contributed by atoms with Crippen molar-refractivity contribution in [3.8, 4) is 0 Å². The molecule has 0 aliphatic rings. The van der Waals surface area contributed by atoms with E-state index in [0.29, 0.717) is 18.2 Å². The maximum atomic E-state index is 12.4. The highest BCUT2D eigenvalue weighted by molar-refractivity contribution is 5.92.